The highest BCUT2D eigenvalue weighted by Gasteiger charge is 2.25. The number of urea groups is 1. The molecule has 3 rings (SSSR count). The van der Waals surface area contributed by atoms with Gasteiger partial charge in [-0.3, -0.25) is 9.69 Å². The van der Waals surface area contributed by atoms with Crippen LogP contribution in [0.4, 0.5) is 4.79 Å². The largest absolute Gasteiger partial charge is 0.497 e. The van der Waals surface area contributed by atoms with E-state index in [2.05, 4.69) is 10.2 Å². The summed E-state index contributed by atoms with van der Waals surface area (Å²) < 4.78 is 10.9. The molecular formula is C23H29ClN4O4. The lowest BCUT2D eigenvalue weighted by atomic mass is 10.0. The lowest BCUT2D eigenvalue weighted by Crippen LogP contribution is -2.50. The average molecular weight is 461 g/mol. The Labute approximate surface area is 193 Å². The lowest BCUT2D eigenvalue weighted by Gasteiger charge is -2.35. The minimum Gasteiger partial charge on any atom is -0.497 e. The number of methoxy groups -OCH3 is 1. The summed E-state index contributed by atoms with van der Waals surface area (Å²) >= 11 is 5.94. The zero-order chi connectivity index (χ0) is 22.9. The fourth-order valence-electron chi connectivity index (χ4n) is 3.61. The Kier molecular flexibility index (Phi) is 8.58. The molecule has 3 N–H and O–H groups in total. The molecule has 0 radical (unpaired) electrons. The first kappa shape index (κ1) is 23.7. The summed E-state index contributed by atoms with van der Waals surface area (Å²) in [5, 5.41) is 3.25. The van der Waals surface area contributed by atoms with Gasteiger partial charge in [0.1, 0.15) is 18.1 Å². The molecular weight excluding hydrogens is 432 g/mol. The molecule has 1 atom stereocenters. The third kappa shape index (κ3) is 7.03. The molecule has 1 fully saturated rings. The number of nitrogens with one attached hydrogen (secondary N) is 1. The minimum atomic E-state index is -0.667. The number of hydrogen-bond acceptors (Lipinski definition) is 5. The van der Waals surface area contributed by atoms with Crippen molar-refractivity contribution in [3.63, 3.8) is 0 Å². The number of ether oxygens (including phenoxy) is 2. The van der Waals surface area contributed by atoms with E-state index >= 15 is 0 Å². The molecule has 9 heteroatoms. The summed E-state index contributed by atoms with van der Waals surface area (Å²) in [6, 6.07) is 13.4. The number of nitrogens with zero attached hydrogens (tertiary/aromatic N) is 2. The monoisotopic (exact) mass is 460 g/mol. The molecule has 0 saturated carbocycles. The number of carbonyl (C=O) groups excluding carboxylic acids is 2. The number of rotatable bonds is 9. The van der Waals surface area contributed by atoms with Gasteiger partial charge in [0.25, 0.3) is 0 Å². The van der Waals surface area contributed by atoms with Crippen molar-refractivity contribution in [2.75, 3.05) is 46.4 Å². The smallest absolute Gasteiger partial charge is 0.312 e. The standard InChI is InChI=1S/C23H29ClN4O4/c1-31-19-6-8-20(9-7-19)32-15-14-27-10-12-28(13-11-27)22(29)16-21(26-23(25)30)17-2-4-18(24)5-3-17/h2-9,21H,10-16H2,1H3,(H3,25,26,30)/t21-/m1/s1. The maximum atomic E-state index is 12.8. The highest BCUT2D eigenvalue weighted by molar-refractivity contribution is 6.30. The first-order valence-corrected chi connectivity index (χ1v) is 10.9. The molecule has 1 aliphatic heterocycles. The quantitative estimate of drug-likeness (QED) is 0.599. The van der Waals surface area contributed by atoms with Gasteiger partial charge in [0.2, 0.25) is 5.91 Å². The zero-order valence-corrected chi connectivity index (χ0v) is 18.9. The summed E-state index contributed by atoms with van der Waals surface area (Å²) in [5.74, 6) is 1.57. The van der Waals surface area contributed by atoms with Gasteiger partial charge in [-0.05, 0) is 42.0 Å². The summed E-state index contributed by atoms with van der Waals surface area (Å²) in [6.45, 7) is 4.15. The van der Waals surface area contributed by atoms with Crippen molar-refractivity contribution < 1.29 is 19.1 Å². The van der Waals surface area contributed by atoms with Gasteiger partial charge in [0.15, 0.2) is 0 Å². The van der Waals surface area contributed by atoms with Crippen LogP contribution < -0.4 is 20.5 Å². The maximum absolute atomic E-state index is 12.8. The van der Waals surface area contributed by atoms with Gasteiger partial charge in [-0.15, -0.1) is 0 Å². The molecule has 2 aromatic carbocycles. The van der Waals surface area contributed by atoms with Crippen molar-refractivity contribution in [3.05, 3.63) is 59.1 Å². The number of nitrogens with two attached hydrogens (primary N) is 1. The van der Waals surface area contributed by atoms with Crippen molar-refractivity contribution in [2.45, 2.75) is 12.5 Å². The van der Waals surface area contributed by atoms with E-state index in [4.69, 9.17) is 26.8 Å². The van der Waals surface area contributed by atoms with Crippen LogP contribution in [0.25, 0.3) is 0 Å². The molecule has 172 valence electrons. The van der Waals surface area contributed by atoms with Gasteiger partial charge in [0, 0.05) is 37.7 Å². The summed E-state index contributed by atoms with van der Waals surface area (Å²) in [4.78, 5) is 28.4. The summed E-state index contributed by atoms with van der Waals surface area (Å²) in [6.07, 6.45) is 0.144. The van der Waals surface area contributed by atoms with Crippen LogP contribution in [-0.4, -0.2) is 68.2 Å². The molecule has 8 nitrogen and oxygen atoms in total. The number of carbonyl (C=O) groups is 2. The van der Waals surface area contributed by atoms with Crippen molar-refractivity contribution in [3.8, 4) is 11.5 Å². The predicted molar refractivity (Wildman–Crippen MR) is 123 cm³/mol. The molecule has 0 aromatic heterocycles. The second-order valence-corrected chi connectivity index (χ2v) is 8.00. The summed E-state index contributed by atoms with van der Waals surface area (Å²) in [5.41, 5.74) is 6.10. The first-order valence-electron chi connectivity index (χ1n) is 10.5. The summed E-state index contributed by atoms with van der Waals surface area (Å²) in [7, 11) is 1.63. The van der Waals surface area contributed by atoms with E-state index in [1.165, 1.54) is 0 Å². The second kappa shape index (κ2) is 11.6. The van der Waals surface area contributed by atoms with Crippen LogP contribution in [0.2, 0.25) is 5.02 Å². The molecule has 2 aromatic rings. The Bertz CT molecular complexity index is 884. The van der Waals surface area contributed by atoms with E-state index in [9.17, 15) is 9.59 Å². The van der Waals surface area contributed by atoms with Crippen molar-refractivity contribution in [1.82, 2.24) is 15.1 Å². The highest BCUT2D eigenvalue weighted by Crippen LogP contribution is 2.21. The van der Waals surface area contributed by atoms with E-state index in [1.54, 1.807) is 31.4 Å². The number of primary amides is 1. The van der Waals surface area contributed by atoms with Crippen LogP contribution in [0.5, 0.6) is 11.5 Å². The molecule has 1 heterocycles. The molecule has 1 saturated heterocycles. The number of halogens is 1. The van der Waals surface area contributed by atoms with Gasteiger partial charge >= 0.3 is 6.03 Å². The zero-order valence-electron chi connectivity index (χ0n) is 18.1. The number of hydrogen-bond donors (Lipinski definition) is 2. The van der Waals surface area contributed by atoms with Gasteiger partial charge in [-0.2, -0.15) is 0 Å². The second-order valence-electron chi connectivity index (χ2n) is 7.56. The lowest BCUT2D eigenvalue weighted by molar-refractivity contribution is -0.133. The molecule has 0 spiro atoms. The van der Waals surface area contributed by atoms with Gasteiger partial charge in [-0.25, -0.2) is 4.79 Å². The van der Waals surface area contributed by atoms with E-state index in [0.717, 1.165) is 36.7 Å². The number of amides is 3. The van der Waals surface area contributed by atoms with Crippen molar-refractivity contribution in [2.24, 2.45) is 5.73 Å². The fourth-order valence-corrected chi connectivity index (χ4v) is 3.73. The normalized spacial score (nSPS) is 15.1. The molecule has 0 unspecified atom stereocenters. The van der Waals surface area contributed by atoms with Gasteiger partial charge in [0.05, 0.1) is 19.6 Å². The Morgan fingerprint density at radius 3 is 2.25 bits per heavy atom. The first-order chi connectivity index (χ1) is 15.4. The van der Waals surface area contributed by atoms with E-state index < -0.39 is 12.1 Å². The SMILES string of the molecule is COc1ccc(OCCN2CCN(C(=O)C[C@@H](NC(N)=O)c3ccc(Cl)cc3)CC2)cc1. The molecule has 0 bridgehead atoms. The van der Waals surface area contributed by atoms with Crippen LogP contribution in [0.15, 0.2) is 48.5 Å². The van der Waals surface area contributed by atoms with Gasteiger partial charge < -0.3 is 25.4 Å². The predicted octanol–water partition coefficient (Wildman–Crippen LogP) is 2.67. The van der Waals surface area contributed by atoms with Gasteiger partial charge in [-0.1, -0.05) is 23.7 Å². The fraction of sp³-hybridized carbons (Fsp3) is 0.391. The number of piperazine rings is 1. The Hall–Kier alpha value is -2.97. The minimum absolute atomic E-state index is 0.0205. The van der Waals surface area contributed by atoms with E-state index in [0.29, 0.717) is 24.7 Å². The molecule has 3 amide bonds. The number of benzene rings is 2. The van der Waals surface area contributed by atoms with Crippen LogP contribution in [-0.2, 0) is 4.79 Å². The van der Waals surface area contributed by atoms with Crippen LogP contribution in [0.3, 0.4) is 0 Å². The molecule has 1 aliphatic rings. The maximum Gasteiger partial charge on any atom is 0.312 e. The van der Waals surface area contributed by atoms with E-state index in [1.807, 2.05) is 29.2 Å². The Balaban J connectivity index is 1.44. The highest BCUT2D eigenvalue weighted by atomic mass is 35.5. The molecule has 0 aliphatic carbocycles. The van der Waals surface area contributed by atoms with Crippen LogP contribution in [0, 0.1) is 0 Å². The van der Waals surface area contributed by atoms with Crippen LogP contribution >= 0.6 is 11.6 Å². The molecule has 32 heavy (non-hydrogen) atoms. The van der Waals surface area contributed by atoms with Crippen molar-refractivity contribution >= 4 is 23.5 Å². The Morgan fingerprint density at radius 2 is 1.66 bits per heavy atom. The topological polar surface area (TPSA) is 97.1 Å². The Morgan fingerprint density at radius 1 is 1.03 bits per heavy atom. The van der Waals surface area contributed by atoms with Crippen molar-refractivity contribution in [1.29, 1.82) is 0 Å². The van der Waals surface area contributed by atoms with E-state index in [-0.39, 0.29) is 12.3 Å². The average Bonchev–Trinajstić information content (AvgIpc) is 2.80. The third-order valence-electron chi connectivity index (χ3n) is 5.43. The van der Waals surface area contributed by atoms with Crippen LogP contribution in [0.1, 0.15) is 18.0 Å². The third-order valence-corrected chi connectivity index (χ3v) is 5.68.